The fraction of sp³-hybridized carbons (Fsp3) is 0.500. The Labute approximate surface area is 183 Å². The van der Waals surface area contributed by atoms with Gasteiger partial charge in [0.25, 0.3) is 0 Å². The molecule has 2 aromatic rings. The van der Waals surface area contributed by atoms with E-state index in [4.69, 9.17) is 9.73 Å². The molecular weight excluding hydrogens is 471 g/mol. The van der Waals surface area contributed by atoms with E-state index in [9.17, 15) is 0 Å². The lowest BCUT2D eigenvalue weighted by atomic mass is 10.0. The SMILES string of the molecule is CCNC(=NCc1csc(CC)n1)N1CCOC(c2ccccc2C)C1.I. The van der Waals surface area contributed by atoms with Gasteiger partial charge in [0.1, 0.15) is 6.10 Å². The molecule has 0 bridgehead atoms. The molecule has 7 heteroatoms. The summed E-state index contributed by atoms with van der Waals surface area (Å²) in [6.45, 7) is 10.2. The van der Waals surface area contributed by atoms with Crippen LogP contribution in [0.1, 0.15) is 41.8 Å². The molecule has 0 spiro atoms. The molecule has 1 aromatic heterocycles. The second-order valence-corrected chi connectivity index (χ2v) is 7.36. The molecule has 1 aromatic carbocycles. The van der Waals surface area contributed by atoms with E-state index in [0.717, 1.165) is 37.7 Å². The van der Waals surface area contributed by atoms with Crippen LogP contribution in [0.15, 0.2) is 34.6 Å². The van der Waals surface area contributed by atoms with E-state index in [1.165, 1.54) is 16.1 Å². The summed E-state index contributed by atoms with van der Waals surface area (Å²) in [6.07, 6.45) is 1.07. The molecule has 0 amide bonds. The van der Waals surface area contributed by atoms with Crippen LogP contribution in [0.25, 0.3) is 0 Å². The highest BCUT2D eigenvalue weighted by Crippen LogP contribution is 2.25. The molecule has 0 saturated carbocycles. The Kier molecular flexibility index (Phi) is 8.98. The van der Waals surface area contributed by atoms with Gasteiger partial charge in [-0.25, -0.2) is 9.98 Å². The maximum atomic E-state index is 6.05. The normalized spacial score (nSPS) is 17.5. The van der Waals surface area contributed by atoms with Crippen molar-refractivity contribution in [3.05, 3.63) is 51.5 Å². The number of nitrogens with one attached hydrogen (secondary N) is 1. The van der Waals surface area contributed by atoms with Gasteiger partial charge < -0.3 is 15.0 Å². The number of ether oxygens (including phenoxy) is 1. The summed E-state index contributed by atoms with van der Waals surface area (Å²) in [5.74, 6) is 0.945. The van der Waals surface area contributed by atoms with Crippen molar-refractivity contribution >= 4 is 41.3 Å². The lowest BCUT2D eigenvalue weighted by molar-refractivity contribution is -0.00834. The summed E-state index contributed by atoms with van der Waals surface area (Å²) < 4.78 is 6.05. The largest absolute Gasteiger partial charge is 0.370 e. The maximum absolute atomic E-state index is 6.05. The van der Waals surface area contributed by atoms with Crippen molar-refractivity contribution in [2.45, 2.75) is 39.8 Å². The molecule has 0 aliphatic carbocycles. The van der Waals surface area contributed by atoms with Gasteiger partial charge in [-0.3, -0.25) is 0 Å². The average Bonchev–Trinajstić information content (AvgIpc) is 3.14. The highest BCUT2D eigenvalue weighted by Gasteiger charge is 2.25. The molecule has 1 N–H and O–H groups in total. The van der Waals surface area contributed by atoms with Gasteiger partial charge in [0, 0.05) is 18.5 Å². The van der Waals surface area contributed by atoms with Gasteiger partial charge in [0.2, 0.25) is 0 Å². The van der Waals surface area contributed by atoms with Crippen molar-refractivity contribution in [1.82, 2.24) is 15.2 Å². The Morgan fingerprint density at radius 2 is 2.19 bits per heavy atom. The lowest BCUT2D eigenvalue weighted by Gasteiger charge is -2.35. The van der Waals surface area contributed by atoms with Crippen molar-refractivity contribution < 1.29 is 4.74 Å². The minimum atomic E-state index is 0. The summed E-state index contributed by atoms with van der Waals surface area (Å²) in [7, 11) is 0. The number of hydrogen-bond acceptors (Lipinski definition) is 4. The predicted octanol–water partition coefficient (Wildman–Crippen LogP) is 4.17. The molecular formula is C20H29IN4OS. The van der Waals surface area contributed by atoms with Crippen molar-refractivity contribution in [1.29, 1.82) is 0 Å². The van der Waals surface area contributed by atoms with E-state index >= 15 is 0 Å². The second-order valence-electron chi connectivity index (χ2n) is 6.42. The molecule has 5 nitrogen and oxygen atoms in total. The number of morpholine rings is 1. The molecule has 1 atom stereocenters. The Hall–Kier alpha value is -1.19. The molecule has 27 heavy (non-hydrogen) atoms. The van der Waals surface area contributed by atoms with E-state index in [2.05, 4.69) is 65.6 Å². The van der Waals surface area contributed by atoms with Crippen LogP contribution in [0.2, 0.25) is 0 Å². The van der Waals surface area contributed by atoms with Crippen LogP contribution in [-0.2, 0) is 17.7 Å². The van der Waals surface area contributed by atoms with E-state index < -0.39 is 0 Å². The average molecular weight is 500 g/mol. The van der Waals surface area contributed by atoms with Gasteiger partial charge in [-0.2, -0.15) is 0 Å². The highest BCUT2D eigenvalue weighted by atomic mass is 127. The number of aromatic nitrogens is 1. The van der Waals surface area contributed by atoms with Gasteiger partial charge in [0.15, 0.2) is 5.96 Å². The van der Waals surface area contributed by atoms with Gasteiger partial charge >= 0.3 is 0 Å². The van der Waals surface area contributed by atoms with E-state index in [1.807, 2.05) is 0 Å². The number of aryl methyl sites for hydroxylation is 2. The van der Waals surface area contributed by atoms with E-state index in [0.29, 0.717) is 13.2 Å². The molecule has 1 aliphatic heterocycles. The minimum Gasteiger partial charge on any atom is -0.370 e. The summed E-state index contributed by atoms with van der Waals surface area (Å²) >= 11 is 1.72. The topological polar surface area (TPSA) is 49.8 Å². The Balaban J connectivity index is 0.00000261. The van der Waals surface area contributed by atoms with Crippen LogP contribution < -0.4 is 5.32 Å². The first-order valence-electron chi connectivity index (χ1n) is 9.35. The molecule has 0 radical (unpaired) electrons. The van der Waals surface area contributed by atoms with Gasteiger partial charge in [-0.05, 0) is 31.4 Å². The molecule has 2 heterocycles. The summed E-state index contributed by atoms with van der Waals surface area (Å²) in [5.41, 5.74) is 3.59. The van der Waals surface area contributed by atoms with Crippen molar-refractivity contribution in [3.63, 3.8) is 0 Å². The van der Waals surface area contributed by atoms with Crippen molar-refractivity contribution in [3.8, 4) is 0 Å². The van der Waals surface area contributed by atoms with Gasteiger partial charge in [-0.1, -0.05) is 31.2 Å². The molecule has 1 fully saturated rings. The van der Waals surface area contributed by atoms with Crippen LogP contribution in [-0.4, -0.2) is 42.1 Å². The maximum Gasteiger partial charge on any atom is 0.194 e. The Morgan fingerprint density at radius 3 is 2.89 bits per heavy atom. The molecule has 148 valence electrons. The Bertz CT molecular complexity index is 749. The first-order chi connectivity index (χ1) is 12.7. The lowest BCUT2D eigenvalue weighted by Crippen LogP contribution is -2.48. The number of halogens is 1. The summed E-state index contributed by atoms with van der Waals surface area (Å²) in [6, 6.07) is 8.46. The summed E-state index contributed by atoms with van der Waals surface area (Å²) in [4.78, 5) is 11.7. The number of aliphatic imine (C=N–C) groups is 1. The fourth-order valence-electron chi connectivity index (χ4n) is 3.14. The number of rotatable bonds is 5. The van der Waals surface area contributed by atoms with Crippen molar-refractivity contribution in [2.24, 2.45) is 4.99 Å². The number of nitrogens with zero attached hydrogens (tertiary/aromatic N) is 3. The molecule has 1 unspecified atom stereocenters. The highest BCUT2D eigenvalue weighted by molar-refractivity contribution is 14.0. The predicted molar refractivity (Wildman–Crippen MR) is 123 cm³/mol. The standard InChI is InChI=1S/C20H28N4OS.HI/c1-4-19-23-16(14-26-19)12-22-20(21-5-2)24-10-11-25-18(13-24)17-9-7-6-8-15(17)3;/h6-9,14,18H,4-5,10-13H2,1-3H3,(H,21,22);1H. The zero-order valence-corrected chi connectivity index (χ0v) is 19.4. The first-order valence-corrected chi connectivity index (χ1v) is 10.2. The third kappa shape index (κ3) is 5.89. The van der Waals surface area contributed by atoms with Crippen LogP contribution in [0, 0.1) is 6.92 Å². The van der Waals surface area contributed by atoms with Crippen LogP contribution >= 0.6 is 35.3 Å². The number of hydrogen-bond donors (Lipinski definition) is 1. The third-order valence-corrected chi connectivity index (χ3v) is 5.57. The molecule has 1 aliphatic rings. The fourth-order valence-corrected chi connectivity index (χ4v) is 3.88. The minimum absolute atomic E-state index is 0. The molecule has 1 saturated heterocycles. The summed E-state index contributed by atoms with van der Waals surface area (Å²) in [5, 5.41) is 6.71. The smallest absolute Gasteiger partial charge is 0.194 e. The monoisotopic (exact) mass is 500 g/mol. The van der Waals surface area contributed by atoms with Crippen LogP contribution in [0.3, 0.4) is 0 Å². The number of thiazole rings is 1. The van der Waals surface area contributed by atoms with E-state index in [1.54, 1.807) is 11.3 Å². The zero-order chi connectivity index (χ0) is 18.4. The number of guanidine groups is 1. The van der Waals surface area contributed by atoms with E-state index in [-0.39, 0.29) is 30.1 Å². The third-order valence-electron chi connectivity index (χ3n) is 4.53. The zero-order valence-electron chi connectivity index (χ0n) is 16.3. The quantitative estimate of drug-likeness (QED) is 0.381. The number of benzene rings is 1. The van der Waals surface area contributed by atoms with Crippen LogP contribution in [0.5, 0.6) is 0 Å². The van der Waals surface area contributed by atoms with Gasteiger partial charge in [-0.15, -0.1) is 35.3 Å². The van der Waals surface area contributed by atoms with Crippen LogP contribution in [0.4, 0.5) is 0 Å². The molecule has 3 rings (SSSR count). The van der Waals surface area contributed by atoms with Gasteiger partial charge in [0.05, 0.1) is 30.4 Å². The second kappa shape index (κ2) is 11.0. The van der Waals surface area contributed by atoms with Crippen molar-refractivity contribution in [2.75, 3.05) is 26.2 Å². The Morgan fingerprint density at radius 1 is 1.37 bits per heavy atom. The first kappa shape index (κ1) is 22.1.